The van der Waals surface area contributed by atoms with Crippen LogP contribution in [0.1, 0.15) is 40.2 Å². The fourth-order valence-electron chi connectivity index (χ4n) is 1.77. The minimum absolute atomic E-state index is 0.0813. The van der Waals surface area contributed by atoms with Crippen LogP contribution in [-0.2, 0) is 9.31 Å². The Morgan fingerprint density at radius 1 is 1.00 bits per heavy atom. The second-order valence-corrected chi connectivity index (χ2v) is 5.55. The van der Waals surface area contributed by atoms with Crippen molar-refractivity contribution < 1.29 is 14.0 Å². The molecule has 5 heteroatoms. The third-order valence-corrected chi connectivity index (χ3v) is 2.59. The van der Waals surface area contributed by atoms with Crippen LogP contribution in [0.15, 0.2) is 18.2 Å². The van der Waals surface area contributed by atoms with E-state index in [1.54, 1.807) is 6.92 Å². The molecule has 0 fully saturated rings. The molecule has 20 heavy (non-hydrogen) atoms. The lowest BCUT2D eigenvalue weighted by Gasteiger charge is -2.21. The molecule has 0 amide bonds. The Hall–Kier alpha value is -1.04. The van der Waals surface area contributed by atoms with Crippen LogP contribution in [-0.4, -0.2) is 25.6 Å². The molecule has 0 saturated heterocycles. The summed E-state index contributed by atoms with van der Waals surface area (Å²) in [7, 11) is -0.397. The van der Waals surface area contributed by atoms with Crippen LogP contribution in [0.3, 0.4) is 0 Å². The molecule has 1 rings (SSSR count). The third kappa shape index (κ3) is 5.53. The molecule has 1 aromatic carbocycles. The summed E-state index contributed by atoms with van der Waals surface area (Å²) in [6.45, 7) is 11.8. The molecule has 0 heterocycles. The van der Waals surface area contributed by atoms with Gasteiger partial charge < -0.3 is 14.0 Å². The molecule has 1 atom stereocenters. The van der Waals surface area contributed by atoms with E-state index in [1.807, 2.05) is 52.8 Å². The van der Waals surface area contributed by atoms with E-state index in [0.717, 1.165) is 16.8 Å². The molecule has 0 aliphatic carbocycles. The van der Waals surface area contributed by atoms with E-state index in [9.17, 15) is 0 Å². The summed E-state index contributed by atoms with van der Waals surface area (Å²) in [5.74, 6) is 0.766. The van der Waals surface area contributed by atoms with Gasteiger partial charge in [-0.25, -0.2) is 0 Å². The molecule has 1 unspecified atom stereocenters. The van der Waals surface area contributed by atoms with Crippen molar-refractivity contribution in [1.29, 1.82) is 0 Å². The van der Waals surface area contributed by atoms with Crippen molar-refractivity contribution >= 4 is 12.6 Å². The number of ether oxygens (including phenoxy) is 1. The van der Waals surface area contributed by atoms with Crippen molar-refractivity contribution in [1.82, 2.24) is 0 Å². The van der Waals surface area contributed by atoms with E-state index in [2.05, 4.69) is 0 Å². The van der Waals surface area contributed by atoms with E-state index < -0.39 is 7.12 Å². The van der Waals surface area contributed by atoms with E-state index in [0.29, 0.717) is 0 Å². The minimum atomic E-state index is -0.397. The summed E-state index contributed by atoms with van der Waals surface area (Å²) in [5.41, 5.74) is 7.68. The van der Waals surface area contributed by atoms with Gasteiger partial charge in [-0.1, -0.05) is 12.1 Å². The Labute approximate surface area is 122 Å². The zero-order chi connectivity index (χ0) is 15.3. The summed E-state index contributed by atoms with van der Waals surface area (Å²) >= 11 is 0. The van der Waals surface area contributed by atoms with Gasteiger partial charge in [0.15, 0.2) is 0 Å². The Kier molecular flexibility index (Phi) is 6.53. The predicted molar refractivity (Wildman–Crippen MR) is 83.3 cm³/mol. The van der Waals surface area contributed by atoms with Gasteiger partial charge in [-0.2, -0.15) is 0 Å². The van der Waals surface area contributed by atoms with Gasteiger partial charge in [0.2, 0.25) is 0 Å². The molecule has 0 aromatic heterocycles. The van der Waals surface area contributed by atoms with Crippen molar-refractivity contribution in [2.24, 2.45) is 5.73 Å². The van der Waals surface area contributed by atoms with E-state index in [1.165, 1.54) is 0 Å². The topological polar surface area (TPSA) is 53.7 Å². The maximum Gasteiger partial charge on any atom is 0.494 e. The monoisotopic (exact) mass is 279 g/mol. The summed E-state index contributed by atoms with van der Waals surface area (Å²) in [4.78, 5) is 0. The normalized spacial score (nSPS) is 12.8. The van der Waals surface area contributed by atoms with Gasteiger partial charge in [-0.15, -0.1) is 0 Å². The van der Waals surface area contributed by atoms with Crippen LogP contribution in [0, 0.1) is 6.92 Å². The molecule has 1 aromatic rings. The largest absolute Gasteiger partial charge is 0.494 e. The zero-order valence-corrected chi connectivity index (χ0v) is 13.3. The smallest absolute Gasteiger partial charge is 0.476 e. The summed E-state index contributed by atoms with van der Waals surface area (Å²) in [6, 6.07) is 5.93. The predicted octanol–water partition coefficient (Wildman–Crippen LogP) is 2.22. The molecule has 4 nitrogen and oxygen atoms in total. The van der Waals surface area contributed by atoms with Gasteiger partial charge in [0, 0.05) is 12.2 Å². The van der Waals surface area contributed by atoms with Gasteiger partial charge in [0.1, 0.15) is 12.0 Å². The number of aryl methyl sites for hydroxylation is 1. The second kappa shape index (κ2) is 7.67. The third-order valence-electron chi connectivity index (χ3n) is 2.59. The Morgan fingerprint density at radius 3 is 2.00 bits per heavy atom. The maximum atomic E-state index is 5.84. The zero-order valence-electron chi connectivity index (χ0n) is 13.3. The van der Waals surface area contributed by atoms with Crippen molar-refractivity contribution in [2.45, 2.75) is 60.0 Å². The second-order valence-electron chi connectivity index (χ2n) is 5.55. The SMILES string of the molecule is Cc1ccc(B(OC(C)C)OC(C)C)cc1OC(C)N. The fraction of sp³-hybridized carbons (Fsp3) is 0.600. The number of hydrogen-bond donors (Lipinski definition) is 1. The lowest BCUT2D eigenvalue weighted by molar-refractivity contribution is 0.139. The van der Waals surface area contributed by atoms with Gasteiger partial charge in [0.25, 0.3) is 0 Å². The Bertz CT molecular complexity index is 412. The van der Waals surface area contributed by atoms with E-state index >= 15 is 0 Å². The number of hydrogen-bond acceptors (Lipinski definition) is 4. The standard InChI is InChI=1S/C15H26BNO3/c1-10(2)19-16(20-11(3)4)14-8-7-12(5)15(9-14)18-13(6)17/h7-11,13H,17H2,1-6H3. The molecule has 0 bridgehead atoms. The molecule has 0 radical (unpaired) electrons. The van der Waals surface area contributed by atoms with Crippen molar-refractivity contribution in [3.8, 4) is 5.75 Å². The summed E-state index contributed by atoms with van der Waals surface area (Å²) in [6.07, 6.45) is -0.185. The average molecular weight is 279 g/mol. The first kappa shape index (κ1) is 17.0. The van der Waals surface area contributed by atoms with Crippen LogP contribution in [0.2, 0.25) is 0 Å². The Balaban J connectivity index is 3.00. The number of benzene rings is 1. The summed E-state index contributed by atoms with van der Waals surface area (Å²) in [5, 5.41) is 0. The highest BCUT2D eigenvalue weighted by Gasteiger charge is 2.25. The van der Waals surface area contributed by atoms with Crippen LogP contribution in [0.25, 0.3) is 0 Å². The van der Waals surface area contributed by atoms with Gasteiger partial charge >= 0.3 is 7.12 Å². The highest BCUT2D eigenvalue weighted by molar-refractivity contribution is 6.61. The molecule has 0 saturated carbocycles. The molecule has 0 aliphatic rings. The van der Waals surface area contributed by atoms with Crippen molar-refractivity contribution in [3.63, 3.8) is 0 Å². The van der Waals surface area contributed by atoms with Crippen LogP contribution >= 0.6 is 0 Å². The molecule has 112 valence electrons. The van der Waals surface area contributed by atoms with Crippen LogP contribution in [0.5, 0.6) is 5.75 Å². The summed E-state index contributed by atoms with van der Waals surface area (Å²) < 4.78 is 17.3. The van der Waals surface area contributed by atoms with Gasteiger partial charge in [0.05, 0.1) is 0 Å². The first-order valence-corrected chi connectivity index (χ1v) is 7.13. The highest BCUT2D eigenvalue weighted by Crippen LogP contribution is 2.17. The molecular weight excluding hydrogens is 253 g/mol. The highest BCUT2D eigenvalue weighted by atomic mass is 16.6. The molecule has 0 spiro atoms. The fourth-order valence-corrected chi connectivity index (χ4v) is 1.77. The number of rotatable bonds is 7. The van der Waals surface area contributed by atoms with Crippen LogP contribution in [0.4, 0.5) is 0 Å². The van der Waals surface area contributed by atoms with Crippen molar-refractivity contribution in [3.05, 3.63) is 23.8 Å². The molecule has 2 N–H and O–H groups in total. The lowest BCUT2D eigenvalue weighted by atomic mass is 9.77. The minimum Gasteiger partial charge on any atom is -0.476 e. The molecule has 0 aliphatic heterocycles. The maximum absolute atomic E-state index is 5.84. The van der Waals surface area contributed by atoms with Crippen molar-refractivity contribution in [2.75, 3.05) is 0 Å². The van der Waals surface area contributed by atoms with Gasteiger partial charge in [-0.3, -0.25) is 5.73 Å². The number of nitrogens with two attached hydrogens (primary N) is 1. The van der Waals surface area contributed by atoms with E-state index in [-0.39, 0.29) is 18.4 Å². The Morgan fingerprint density at radius 2 is 1.55 bits per heavy atom. The first-order valence-electron chi connectivity index (χ1n) is 7.13. The van der Waals surface area contributed by atoms with E-state index in [4.69, 9.17) is 19.8 Å². The van der Waals surface area contributed by atoms with Gasteiger partial charge in [-0.05, 0) is 58.6 Å². The first-order chi connectivity index (χ1) is 9.29. The van der Waals surface area contributed by atoms with Crippen LogP contribution < -0.4 is 15.9 Å². The average Bonchev–Trinajstić information content (AvgIpc) is 2.29. The lowest BCUT2D eigenvalue weighted by Crippen LogP contribution is -2.41. The quantitative estimate of drug-likeness (QED) is 0.614. The molecular formula is C15H26BNO3.